The van der Waals surface area contributed by atoms with Crippen molar-refractivity contribution in [3.8, 4) is 0 Å². The summed E-state index contributed by atoms with van der Waals surface area (Å²) in [5.41, 5.74) is 0.489. The van der Waals surface area contributed by atoms with Crippen molar-refractivity contribution < 1.29 is 19.8 Å². The van der Waals surface area contributed by atoms with E-state index in [4.69, 9.17) is 0 Å². The lowest BCUT2D eigenvalue weighted by molar-refractivity contribution is -0.310. The molecule has 0 aliphatic rings. The molecule has 17 heavy (non-hydrogen) atoms. The van der Waals surface area contributed by atoms with Crippen LogP contribution in [0.1, 0.15) is 17.3 Å². The molecule has 0 saturated heterocycles. The predicted octanol–water partition coefficient (Wildman–Crippen LogP) is -1.04. The minimum atomic E-state index is -1.43. The molecule has 92 valence electrons. The van der Waals surface area contributed by atoms with Gasteiger partial charge in [-0.1, -0.05) is 30.3 Å². The number of carbonyl (C=O) groups excluding carboxylic acids is 2. The first-order valence-electron chi connectivity index (χ1n) is 5.23. The van der Waals surface area contributed by atoms with E-state index in [0.29, 0.717) is 5.56 Å². The Hall–Kier alpha value is -1.72. The predicted molar refractivity (Wildman–Crippen MR) is 59.3 cm³/mol. The number of aliphatic hydroxyl groups excluding tert-OH is 1. The van der Waals surface area contributed by atoms with Crippen molar-refractivity contribution in [3.05, 3.63) is 35.9 Å². The van der Waals surface area contributed by atoms with Crippen molar-refractivity contribution in [2.45, 2.75) is 19.1 Å². The molecule has 0 aliphatic carbocycles. The van der Waals surface area contributed by atoms with Crippen LogP contribution in [0.2, 0.25) is 0 Å². The van der Waals surface area contributed by atoms with Crippen LogP contribution in [0.15, 0.2) is 30.3 Å². The van der Waals surface area contributed by atoms with E-state index < -0.39 is 18.1 Å². The molecule has 0 fully saturated rings. The summed E-state index contributed by atoms with van der Waals surface area (Å²) in [4.78, 5) is 22.3. The first kappa shape index (κ1) is 13.3. The van der Waals surface area contributed by atoms with Crippen LogP contribution >= 0.6 is 0 Å². The lowest BCUT2D eigenvalue weighted by Gasteiger charge is -2.21. The molecule has 1 rings (SSSR count). The Labute approximate surface area is 99.1 Å². The maximum absolute atomic E-state index is 11.6. The first-order valence-corrected chi connectivity index (χ1v) is 5.23. The van der Waals surface area contributed by atoms with Crippen LogP contribution < -0.4 is 10.4 Å². The molecule has 2 unspecified atom stereocenters. The Kier molecular flexibility index (Phi) is 4.81. The average molecular weight is 236 g/mol. The molecule has 0 spiro atoms. The molecule has 2 atom stereocenters. The number of rotatable bonds is 6. The van der Waals surface area contributed by atoms with E-state index >= 15 is 0 Å². The van der Waals surface area contributed by atoms with E-state index in [1.165, 1.54) is 6.92 Å². The SMILES string of the molecule is CC(O)C(NCC(=O)c1ccccc1)C(=O)[O-]. The second-order valence-electron chi connectivity index (χ2n) is 3.71. The van der Waals surface area contributed by atoms with Crippen molar-refractivity contribution >= 4 is 11.8 Å². The average Bonchev–Trinajstić information content (AvgIpc) is 2.29. The molecule has 0 aliphatic heterocycles. The third-order valence-corrected chi connectivity index (χ3v) is 2.31. The number of aliphatic hydroxyl groups is 1. The van der Waals surface area contributed by atoms with Crippen molar-refractivity contribution in [2.24, 2.45) is 0 Å². The fraction of sp³-hybridized carbons (Fsp3) is 0.333. The van der Waals surface area contributed by atoms with E-state index in [0.717, 1.165) is 0 Å². The third-order valence-electron chi connectivity index (χ3n) is 2.31. The van der Waals surface area contributed by atoms with Gasteiger partial charge in [0.05, 0.1) is 24.7 Å². The van der Waals surface area contributed by atoms with Crippen LogP contribution in [-0.2, 0) is 4.79 Å². The van der Waals surface area contributed by atoms with Gasteiger partial charge in [0.1, 0.15) is 0 Å². The molecule has 1 aromatic rings. The van der Waals surface area contributed by atoms with Crippen LogP contribution in [-0.4, -0.2) is 35.5 Å². The van der Waals surface area contributed by atoms with Crippen molar-refractivity contribution in [2.75, 3.05) is 6.54 Å². The molecule has 0 bridgehead atoms. The number of Topliss-reactive ketones (excluding diaryl/α,β-unsaturated/α-hetero) is 1. The Morgan fingerprint density at radius 3 is 2.41 bits per heavy atom. The zero-order chi connectivity index (χ0) is 12.8. The molecule has 0 radical (unpaired) electrons. The first-order chi connectivity index (χ1) is 8.02. The summed E-state index contributed by atoms with van der Waals surface area (Å²) < 4.78 is 0. The molecule has 0 heterocycles. The summed E-state index contributed by atoms with van der Waals surface area (Å²) in [6.07, 6.45) is -1.12. The van der Waals surface area contributed by atoms with E-state index in [1.807, 2.05) is 0 Å². The number of carboxylic acids is 1. The zero-order valence-electron chi connectivity index (χ0n) is 9.42. The normalized spacial score (nSPS) is 14.0. The zero-order valence-corrected chi connectivity index (χ0v) is 9.42. The van der Waals surface area contributed by atoms with Gasteiger partial charge >= 0.3 is 0 Å². The van der Waals surface area contributed by atoms with Crippen molar-refractivity contribution in [1.82, 2.24) is 5.32 Å². The molecule has 0 amide bonds. The number of benzene rings is 1. The third kappa shape index (κ3) is 3.97. The van der Waals surface area contributed by atoms with E-state index in [-0.39, 0.29) is 12.3 Å². The van der Waals surface area contributed by atoms with Crippen LogP contribution in [0.3, 0.4) is 0 Å². The second-order valence-corrected chi connectivity index (χ2v) is 3.71. The van der Waals surface area contributed by atoms with Crippen LogP contribution in [0, 0.1) is 0 Å². The van der Waals surface area contributed by atoms with Crippen LogP contribution in [0.5, 0.6) is 0 Å². The number of aliphatic carboxylic acids is 1. The van der Waals surface area contributed by atoms with Crippen LogP contribution in [0.4, 0.5) is 0 Å². The number of ketones is 1. The molecule has 5 nitrogen and oxygen atoms in total. The Morgan fingerprint density at radius 2 is 1.94 bits per heavy atom. The molecule has 0 aromatic heterocycles. The summed E-state index contributed by atoms with van der Waals surface area (Å²) in [6.45, 7) is 1.16. The largest absolute Gasteiger partial charge is 0.548 e. The quantitative estimate of drug-likeness (QED) is 0.616. The van der Waals surface area contributed by atoms with E-state index in [2.05, 4.69) is 5.32 Å². The Bertz CT molecular complexity index is 389. The smallest absolute Gasteiger partial charge is 0.176 e. The van der Waals surface area contributed by atoms with Gasteiger partial charge in [-0.05, 0) is 6.92 Å². The fourth-order valence-corrected chi connectivity index (χ4v) is 1.38. The topological polar surface area (TPSA) is 89.5 Å². The molecule has 2 N–H and O–H groups in total. The fourth-order valence-electron chi connectivity index (χ4n) is 1.38. The van der Waals surface area contributed by atoms with Crippen molar-refractivity contribution in [1.29, 1.82) is 0 Å². The highest BCUT2D eigenvalue weighted by molar-refractivity contribution is 5.97. The maximum Gasteiger partial charge on any atom is 0.176 e. The highest BCUT2D eigenvalue weighted by Crippen LogP contribution is 2.00. The maximum atomic E-state index is 11.6. The van der Waals surface area contributed by atoms with Crippen LogP contribution in [0.25, 0.3) is 0 Å². The second kappa shape index (κ2) is 6.12. The molecule has 5 heteroatoms. The number of hydrogen-bond acceptors (Lipinski definition) is 5. The van der Waals surface area contributed by atoms with Gasteiger partial charge in [-0.15, -0.1) is 0 Å². The number of hydrogen-bond donors (Lipinski definition) is 2. The van der Waals surface area contributed by atoms with Gasteiger partial charge in [-0.2, -0.15) is 0 Å². The summed E-state index contributed by atoms with van der Waals surface area (Å²) >= 11 is 0. The van der Waals surface area contributed by atoms with Gasteiger partial charge in [0.2, 0.25) is 0 Å². The highest BCUT2D eigenvalue weighted by Gasteiger charge is 2.17. The van der Waals surface area contributed by atoms with Gasteiger partial charge in [-0.3, -0.25) is 10.1 Å². The minimum absolute atomic E-state index is 0.159. The van der Waals surface area contributed by atoms with Gasteiger partial charge in [0.25, 0.3) is 0 Å². The molecular formula is C12H14NO4-. The number of carboxylic acid groups (broad SMARTS) is 1. The van der Waals surface area contributed by atoms with Crippen molar-refractivity contribution in [3.63, 3.8) is 0 Å². The Balaban J connectivity index is 2.56. The summed E-state index contributed by atoms with van der Waals surface area (Å²) in [7, 11) is 0. The standard InChI is InChI=1S/C12H15NO4/c1-8(14)11(12(16)17)13-7-10(15)9-5-3-2-4-6-9/h2-6,8,11,13-14H,7H2,1H3,(H,16,17)/p-1. The van der Waals surface area contributed by atoms with E-state index in [9.17, 15) is 19.8 Å². The monoisotopic (exact) mass is 236 g/mol. The molecule has 1 aromatic carbocycles. The van der Waals surface area contributed by atoms with Gasteiger partial charge < -0.3 is 15.0 Å². The minimum Gasteiger partial charge on any atom is -0.548 e. The van der Waals surface area contributed by atoms with Gasteiger partial charge in [0.15, 0.2) is 5.78 Å². The summed E-state index contributed by atoms with van der Waals surface area (Å²) in [6, 6.07) is 7.25. The Morgan fingerprint density at radius 1 is 1.35 bits per heavy atom. The summed E-state index contributed by atoms with van der Waals surface area (Å²) in [5, 5.41) is 22.3. The van der Waals surface area contributed by atoms with Gasteiger partial charge in [-0.25, -0.2) is 0 Å². The lowest BCUT2D eigenvalue weighted by atomic mass is 10.1. The number of carbonyl (C=O) groups is 2. The summed E-state index contributed by atoms with van der Waals surface area (Å²) in [5.74, 6) is -1.67. The van der Waals surface area contributed by atoms with E-state index in [1.54, 1.807) is 30.3 Å². The highest BCUT2D eigenvalue weighted by atomic mass is 16.4. The molecule has 0 saturated carbocycles. The number of nitrogens with one attached hydrogen (secondary N) is 1. The van der Waals surface area contributed by atoms with Gasteiger partial charge in [0, 0.05) is 5.56 Å². The lowest BCUT2D eigenvalue weighted by Crippen LogP contribution is -2.52. The molecular weight excluding hydrogens is 222 g/mol.